The number of unbranched alkanes of at least 4 members (excludes halogenated alkanes) is 2. The van der Waals surface area contributed by atoms with Gasteiger partial charge in [-0.25, -0.2) is 0 Å². The summed E-state index contributed by atoms with van der Waals surface area (Å²) in [5.74, 6) is 1.57. The van der Waals surface area contributed by atoms with E-state index in [0.29, 0.717) is 0 Å². The van der Waals surface area contributed by atoms with Crippen LogP contribution in [-0.2, 0) is 9.53 Å². The Hall–Kier alpha value is -2.49. The van der Waals surface area contributed by atoms with Crippen molar-refractivity contribution in [3.8, 4) is 11.5 Å². The third-order valence-corrected chi connectivity index (χ3v) is 5.00. The average Bonchev–Trinajstić information content (AvgIpc) is 2.72. The van der Waals surface area contributed by atoms with E-state index in [4.69, 9.17) is 14.2 Å². The minimum atomic E-state index is -0.218. The van der Waals surface area contributed by atoms with Gasteiger partial charge in [0.25, 0.3) is 0 Å². The monoisotopic (exact) mass is 384 g/mol. The van der Waals surface area contributed by atoms with Crippen molar-refractivity contribution in [3.05, 3.63) is 59.7 Å². The Balaban J connectivity index is 2.29. The molecule has 4 nitrogen and oxygen atoms in total. The van der Waals surface area contributed by atoms with Gasteiger partial charge in [-0.1, -0.05) is 44.0 Å². The van der Waals surface area contributed by atoms with E-state index in [1.165, 1.54) is 18.1 Å². The van der Waals surface area contributed by atoms with E-state index in [0.717, 1.165) is 43.6 Å². The number of carbonyl (C=O) groups is 1. The lowest BCUT2D eigenvalue weighted by Crippen LogP contribution is -2.20. The van der Waals surface area contributed by atoms with Gasteiger partial charge in [0.2, 0.25) is 0 Å². The number of hydrogen-bond acceptors (Lipinski definition) is 4. The summed E-state index contributed by atoms with van der Waals surface area (Å²) in [7, 11) is 3.33. The Bertz CT molecular complexity index is 659. The maximum absolute atomic E-state index is 11.7. The molecule has 0 unspecified atom stereocenters. The molecule has 0 heterocycles. The number of methoxy groups -OCH3 is 2. The molecule has 2 aromatic rings. The topological polar surface area (TPSA) is 44.8 Å². The number of benzene rings is 2. The van der Waals surface area contributed by atoms with Crippen molar-refractivity contribution in [2.45, 2.75) is 58.0 Å². The fourth-order valence-electron chi connectivity index (χ4n) is 3.48. The van der Waals surface area contributed by atoms with Crippen LogP contribution in [0.3, 0.4) is 0 Å². The van der Waals surface area contributed by atoms with Gasteiger partial charge in [-0.3, -0.25) is 4.79 Å². The zero-order valence-corrected chi connectivity index (χ0v) is 17.4. The molecule has 1 atom stereocenters. The van der Waals surface area contributed by atoms with Gasteiger partial charge in [0.15, 0.2) is 0 Å². The van der Waals surface area contributed by atoms with Crippen molar-refractivity contribution in [1.29, 1.82) is 0 Å². The first-order valence-electron chi connectivity index (χ1n) is 10.0. The smallest absolute Gasteiger partial charge is 0.302 e. The van der Waals surface area contributed by atoms with Crippen LogP contribution >= 0.6 is 0 Å². The molecule has 0 saturated heterocycles. The lowest BCUT2D eigenvalue weighted by Gasteiger charge is -2.25. The van der Waals surface area contributed by atoms with Gasteiger partial charge in [0, 0.05) is 12.8 Å². The van der Waals surface area contributed by atoms with Gasteiger partial charge in [-0.2, -0.15) is 0 Å². The molecular weight excluding hydrogens is 352 g/mol. The van der Waals surface area contributed by atoms with Gasteiger partial charge in [-0.05, 0) is 54.7 Å². The predicted molar refractivity (Wildman–Crippen MR) is 112 cm³/mol. The summed E-state index contributed by atoms with van der Waals surface area (Å²) in [4.78, 5) is 11.7. The van der Waals surface area contributed by atoms with Gasteiger partial charge < -0.3 is 14.2 Å². The van der Waals surface area contributed by atoms with Gasteiger partial charge in [0.05, 0.1) is 14.2 Å². The van der Waals surface area contributed by atoms with Crippen LogP contribution in [0.15, 0.2) is 48.5 Å². The molecular formula is C24H32O4. The average molecular weight is 385 g/mol. The third kappa shape index (κ3) is 6.59. The van der Waals surface area contributed by atoms with Crippen molar-refractivity contribution in [2.75, 3.05) is 14.2 Å². The molecule has 0 aromatic heterocycles. The Labute approximate surface area is 168 Å². The normalized spacial score (nSPS) is 11.9. The number of carbonyl (C=O) groups excluding carboxylic acids is 1. The third-order valence-electron chi connectivity index (χ3n) is 5.00. The number of esters is 1. The summed E-state index contributed by atoms with van der Waals surface area (Å²) in [6.45, 7) is 3.67. The van der Waals surface area contributed by atoms with Crippen molar-refractivity contribution >= 4 is 5.97 Å². The van der Waals surface area contributed by atoms with E-state index < -0.39 is 0 Å². The van der Waals surface area contributed by atoms with Crippen LogP contribution in [0.25, 0.3) is 0 Å². The van der Waals surface area contributed by atoms with Crippen LogP contribution < -0.4 is 9.47 Å². The molecule has 0 amide bonds. The summed E-state index contributed by atoms with van der Waals surface area (Å²) in [5, 5.41) is 0. The molecule has 152 valence electrons. The highest BCUT2D eigenvalue weighted by molar-refractivity contribution is 5.66. The van der Waals surface area contributed by atoms with Crippen molar-refractivity contribution < 1.29 is 19.0 Å². The zero-order chi connectivity index (χ0) is 20.4. The van der Waals surface area contributed by atoms with Crippen molar-refractivity contribution in [2.24, 2.45) is 0 Å². The van der Waals surface area contributed by atoms with Crippen LogP contribution in [0.4, 0.5) is 0 Å². The van der Waals surface area contributed by atoms with E-state index in [9.17, 15) is 4.79 Å². The maximum Gasteiger partial charge on any atom is 0.302 e. The molecule has 0 N–H and O–H groups in total. The van der Waals surface area contributed by atoms with Gasteiger partial charge in [0.1, 0.15) is 17.6 Å². The summed E-state index contributed by atoms with van der Waals surface area (Å²) in [5.41, 5.74) is 2.36. The molecule has 0 fully saturated rings. The lowest BCUT2D eigenvalue weighted by molar-refractivity contribution is -0.147. The predicted octanol–water partition coefficient (Wildman–Crippen LogP) is 5.74. The van der Waals surface area contributed by atoms with Crippen LogP contribution in [0.2, 0.25) is 0 Å². The number of ether oxygens (including phenoxy) is 3. The molecule has 0 aliphatic rings. The molecule has 2 rings (SSSR count). The van der Waals surface area contributed by atoms with Crippen LogP contribution in [0.1, 0.15) is 63.0 Å². The Morgan fingerprint density at radius 2 is 1.36 bits per heavy atom. The first kappa shape index (κ1) is 21.8. The molecule has 4 heteroatoms. The van der Waals surface area contributed by atoms with Crippen molar-refractivity contribution in [3.63, 3.8) is 0 Å². The first-order valence-corrected chi connectivity index (χ1v) is 10.0. The highest BCUT2D eigenvalue weighted by atomic mass is 16.5. The summed E-state index contributed by atoms with van der Waals surface area (Å²) in [6, 6.07) is 16.3. The Morgan fingerprint density at radius 3 is 1.75 bits per heavy atom. The quantitative estimate of drug-likeness (QED) is 0.366. The molecule has 0 spiro atoms. The van der Waals surface area contributed by atoms with Crippen LogP contribution in [0.5, 0.6) is 11.5 Å². The van der Waals surface area contributed by atoms with Crippen molar-refractivity contribution in [1.82, 2.24) is 0 Å². The highest BCUT2D eigenvalue weighted by Crippen LogP contribution is 2.33. The second-order valence-corrected chi connectivity index (χ2v) is 7.06. The molecule has 28 heavy (non-hydrogen) atoms. The van der Waals surface area contributed by atoms with E-state index in [2.05, 4.69) is 31.2 Å². The van der Waals surface area contributed by atoms with Crippen LogP contribution in [-0.4, -0.2) is 26.3 Å². The minimum Gasteiger partial charge on any atom is -0.497 e. The molecule has 0 bridgehead atoms. The minimum absolute atomic E-state index is 0.0988. The fourth-order valence-corrected chi connectivity index (χ4v) is 3.48. The van der Waals surface area contributed by atoms with Crippen LogP contribution in [0, 0.1) is 0 Å². The lowest BCUT2D eigenvalue weighted by atomic mass is 9.85. The number of hydrogen-bond donors (Lipinski definition) is 0. The number of rotatable bonds is 11. The molecule has 0 aliphatic heterocycles. The molecule has 0 aliphatic carbocycles. The Morgan fingerprint density at radius 1 is 0.857 bits per heavy atom. The summed E-state index contributed by atoms with van der Waals surface area (Å²) in [6.07, 6.45) is 4.89. The largest absolute Gasteiger partial charge is 0.497 e. The molecule has 0 saturated carbocycles. The van der Waals surface area contributed by atoms with E-state index in [1.807, 2.05) is 24.3 Å². The summed E-state index contributed by atoms with van der Waals surface area (Å²) >= 11 is 0. The van der Waals surface area contributed by atoms with Gasteiger partial charge in [-0.15, -0.1) is 0 Å². The maximum atomic E-state index is 11.7. The van der Waals surface area contributed by atoms with E-state index in [1.54, 1.807) is 14.2 Å². The zero-order valence-electron chi connectivity index (χ0n) is 17.4. The second-order valence-electron chi connectivity index (χ2n) is 7.06. The second kappa shape index (κ2) is 11.4. The Kier molecular flexibility index (Phi) is 8.86. The SMILES string of the molecule is CCCCC[C@@H](CC(c1ccc(OC)cc1)c1ccc(OC)cc1)OC(C)=O. The molecule has 2 aromatic carbocycles. The highest BCUT2D eigenvalue weighted by Gasteiger charge is 2.22. The fraction of sp³-hybridized carbons (Fsp3) is 0.458. The summed E-state index contributed by atoms with van der Waals surface area (Å²) < 4.78 is 16.3. The van der Waals surface area contributed by atoms with E-state index >= 15 is 0 Å². The molecule has 0 radical (unpaired) electrons. The van der Waals surface area contributed by atoms with Gasteiger partial charge >= 0.3 is 5.97 Å². The first-order chi connectivity index (χ1) is 13.6. The standard InChI is InChI=1S/C24H32O4/c1-5-6-7-8-23(28-18(2)25)17-24(19-9-13-21(26-3)14-10-19)20-11-15-22(27-4)16-12-20/h9-16,23-24H,5-8,17H2,1-4H3/t23-/m0/s1. The van der Waals surface area contributed by atoms with E-state index in [-0.39, 0.29) is 18.0 Å².